The molecule has 0 radical (unpaired) electrons. The lowest BCUT2D eigenvalue weighted by molar-refractivity contribution is 0.158. The molecule has 19 heavy (non-hydrogen) atoms. The highest BCUT2D eigenvalue weighted by Gasteiger charge is 2.29. The first kappa shape index (κ1) is 15.3. The third kappa shape index (κ3) is 4.44. The Morgan fingerprint density at radius 1 is 1.05 bits per heavy atom. The van der Waals surface area contributed by atoms with Crippen molar-refractivity contribution in [1.29, 1.82) is 0 Å². The van der Waals surface area contributed by atoms with Gasteiger partial charge in [0.05, 0.1) is 0 Å². The van der Waals surface area contributed by atoms with E-state index in [1.54, 1.807) is 0 Å². The van der Waals surface area contributed by atoms with Gasteiger partial charge >= 0.3 is 0 Å². The topological polar surface area (TPSA) is 18.5 Å². The first-order valence-electron chi connectivity index (χ1n) is 8.26. The molecule has 0 aromatic rings. The minimum Gasteiger partial charge on any atom is -0.315 e. The van der Waals surface area contributed by atoms with Crippen LogP contribution >= 0.6 is 0 Å². The molecule has 2 atom stereocenters. The molecule has 1 heterocycles. The summed E-state index contributed by atoms with van der Waals surface area (Å²) in [7, 11) is 6.75. The zero-order valence-corrected chi connectivity index (χ0v) is 13.2. The Balaban J connectivity index is 1.93. The Hall–Kier alpha value is -0.120. The van der Waals surface area contributed by atoms with Crippen molar-refractivity contribution in [3.8, 4) is 0 Å². The maximum absolute atomic E-state index is 3.63. The van der Waals surface area contributed by atoms with E-state index in [0.717, 1.165) is 5.92 Å². The highest BCUT2D eigenvalue weighted by molar-refractivity contribution is 4.88. The van der Waals surface area contributed by atoms with Crippen LogP contribution in [0.25, 0.3) is 0 Å². The normalized spacial score (nSPS) is 30.2. The third-order valence-electron chi connectivity index (χ3n) is 5.26. The van der Waals surface area contributed by atoms with E-state index in [9.17, 15) is 0 Å². The van der Waals surface area contributed by atoms with Crippen LogP contribution in [-0.4, -0.2) is 62.7 Å². The van der Waals surface area contributed by atoms with E-state index in [-0.39, 0.29) is 0 Å². The maximum atomic E-state index is 3.63. The number of rotatable bonds is 4. The van der Waals surface area contributed by atoms with Crippen LogP contribution in [-0.2, 0) is 0 Å². The molecule has 0 bridgehead atoms. The van der Waals surface area contributed by atoms with Crippen molar-refractivity contribution in [3.05, 3.63) is 0 Å². The summed E-state index contributed by atoms with van der Waals surface area (Å²) in [6.07, 6.45) is 9.99. The summed E-state index contributed by atoms with van der Waals surface area (Å²) < 4.78 is 0. The molecule has 0 amide bonds. The zero-order valence-electron chi connectivity index (χ0n) is 13.2. The Bertz CT molecular complexity index is 250. The highest BCUT2D eigenvalue weighted by atomic mass is 15.2. The molecule has 2 rings (SSSR count). The molecule has 2 unspecified atom stereocenters. The molecule has 3 heteroatoms. The van der Waals surface area contributed by atoms with Gasteiger partial charge in [0.1, 0.15) is 0 Å². The molecule has 1 aliphatic heterocycles. The second kappa shape index (κ2) is 7.61. The van der Waals surface area contributed by atoms with Crippen LogP contribution in [0.4, 0.5) is 0 Å². The second-order valence-corrected chi connectivity index (χ2v) is 6.80. The first-order valence-corrected chi connectivity index (χ1v) is 8.26. The lowest BCUT2D eigenvalue weighted by atomic mass is 9.83. The monoisotopic (exact) mass is 267 g/mol. The van der Waals surface area contributed by atoms with Crippen LogP contribution in [0.1, 0.15) is 44.9 Å². The van der Waals surface area contributed by atoms with Crippen LogP contribution in [0.2, 0.25) is 0 Å². The number of nitrogens with zero attached hydrogens (tertiary/aromatic N) is 2. The van der Waals surface area contributed by atoms with Crippen molar-refractivity contribution < 1.29 is 0 Å². The number of likely N-dealkylation sites (N-methyl/N-ethyl adjacent to an activating group) is 3. The predicted octanol–water partition coefficient (Wildman–Crippen LogP) is 2.18. The van der Waals surface area contributed by atoms with Gasteiger partial charge in [-0.1, -0.05) is 32.1 Å². The fraction of sp³-hybridized carbons (Fsp3) is 1.00. The van der Waals surface area contributed by atoms with Crippen molar-refractivity contribution in [1.82, 2.24) is 15.1 Å². The molecule has 1 aliphatic carbocycles. The molecule has 1 saturated heterocycles. The fourth-order valence-corrected chi connectivity index (χ4v) is 3.99. The average Bonchev–Trinajstić information content (AvgIpc) is 2.59. The standard InChI is InChI=1S/C16H33N3/c1-17-15(12-14-8-5-4-6-9-14)16-13-18(2)10-7-11-19(16)3/h14-17H,4-13H2,1-3H3. The lowest BCUT2D eigenvalue weighted by Crippen LogP contribution is -2.52. The number of hydrogen-bond acceptors (Lipinski definition) is 3. The first-order chi connectivity index (χ1) is 9.20. The Morgan fingerprint density at radius 3 is 2.47 bits per heavy atom. The van der Waals surface area contributed by atoms with Crippen LogP contribution in [0.3, 0.4) is 0 Å². The smallest absolute Gasteiger partial charge is 0.0373 e. The molecule has 3 nitrogen and oxygen atoms in total. The summed E-state index contributed by atoms with van der Waals surface area (Å²) in [6, 6.07) is 1.34. The average molecular weight is 267 g/mol. The van der Waals surface area contributed by atoms with Gasteiger partial charge < -0.3 is 15.1 Å². The number of nitrogens with one attached hydrogen (secondary N) is 1. The Labute approximate surface area is 119 Å². The van der Waals surface area contributed by atoms with Crippen molar-refractivity contribution in [2.45, 2.75) is 57.0 Å². The summed E-state index contributed by atoms with van der Waals surface area (Å²) in [5.74, 6) is 0.966. The molecule has 112 valence electrons. The predicted molar refractivity (Wildman–Crippen MR) is 82.6 cm³/mol. The van der Waals surface area contributed by atoms with Crippen molar-refractivity contribution in [2.24, 2.45) is 5.92 Å². The molecule has 0 spiro atoms. The van der Waals surface area contributed by atoms with Crippen LogP contribution < -0.4 is 5.32 Å². The van der Waals surface area contributed by atoms with Crippen LogP contribution in [0.15, 0.2) is 0 Å². The van der Waals surface area contributed by atoms with E-state index in [1.807, 2.05) is 0 Å². The summed E-state index contributed by atoms with van der Waals surface area (Å²) in [4.78, 5) is 5.10. The molecule has 0 aromatic heterocycles. The molecular weight excluding hydrogens is 234 g/mol. The maximum Gasteiger partial charge on any atom is 0.0373 e. The van der Waals surface area contributed by atoms with Crippen molar-refractivity contribution in [2.75, 3.05) is 40.8 Å². The van der Waals surface area contributed by atoms with E-state index in [1.165, 1.54) is 64.6 Å². The van der Waals surface area contributed by atoms with E-state index in [4.69, 9.17) is 0 Å². The molecule has 2 fully saturated rings. The van der Waals surface area contributed by atoms with Crippen LogP contribution in [0.5, 0.6) is 0 Å². The minimum atomic E-state index is 0.661. The Kier molecular flexibility index (Phi) is 6.11. The van der Waals surface area contributed by atoms with Gasteiger partial charge in [0.15, 0.2) is 0 Å². The molecule has 1 saturated carbocycles. The quantitative estimate of drug-likeness (QED) is 0.842. The second-order valence-electron chi connectivity index (χ2n) is 6.80. The minimum absolute atomic E-state index is 0.661. The van der Waals surface area contributed by atoms with Crippen LogP contribution in [0, 0.1) is 5.92 Å². The van der Waals surface area contributed by atoms with Gasteiger partial charge in [-0.2, -0.15) is 0 Å². The van der Waals surface area contributed by atoms with Gasteiger partial charge in [-0.25, -0.2) is 0 Å². The van der Waals surface area contributed by atoms with Crippen molar-refractivity contribution >= 4 is 0 Å². The summed E-state index contributed by atoms with van der Waals surface area (Å²) in [5.41, 5.74) is 0. The summed E-state index contributed by atoms with van der Waals surface area (Å²) in [5, 5.41) is 3.63. The van der Waals surface area contributed by atoms with E-state index >= 15 is 0 Å². The van der Waals surface area contributed by atoms with Gasteiger partial charge in [-0.15, -0.1) is 0 Å². The fourth-order valence-electron chi connectivity index (χ4n) is 3.99. The Morgan fingerprint density at radius 2 is 1.79 bits per heavy atom. The largest absolute Gasteiger partial charge is 0.315 e. The summed E-state index contributed by atoms with van der Waals surface area (Å²) in [6.45, 7) is 3.72. The lowest BCUT2D eigenvalue weighted by Gasteiger charge is -2.37. The highest BCUT2D eigenvalue weighted by Crippen LogP contribution is 2.28. The third-order valence-corrected chi connectivity index (χ3v) is 5.26. The molecule has 2 aliphatic rings. The SMILES string of the molecule is CNC(CC1CCCCC1)C1CN(C)CCCN1C. The van der Waals surface area contributed by atoms with Crippen molar-refractivity contribution in [3.63, 3.8) is 0 Å². The van der Waals surface area contributed by atoms with Gasteiger partial charge in [-0.05, 0) is 53.0 Å². The van der Waals surface area contributed by atoms with E-state index in [0.29, 0.717) is 12.1 Å². The molecule has 1 N–H and O–H groups in total. The van der Waals surface area contributed by atoms with Gasteiger partial charge in [0, 0.05) is 18.6 Å². The summed E-state index contributed by atoms with van der Waals surface area (Å²) >= 11 is 0. The number of hydrogen-bond donors (Lipinski definition) is 1. The van der Waals surface area contributed by atoms with E-state index < -0.39 is 0 Å². The molecule has 0 aromatic carbocycles. The van der Waals surface area contributed by atoms with E-state index in [2.05, 4.69) is 36.3 Å². The van der Waals surface area contributed by atoms with Gasteiger partial charge in [-0.3, -0.25) is 0 Å². The van der Waals surface area contributed by atoms with Gasteiger partial charge in [0.25, 0.3) is 0 Å². The zero-order chi connectivity index (χ0) is 13.7. The molecular formula is C16H33N3. The van der Waals surface area contributed by atoms with Gasteiger partial charge in [0.2, 0.25) is 0 Å².